The lowest BCUT2D eigenvalue weighted by molar-refractivity contribution is -0.118. The van der Waals surface area contributed by atoms with Gasteiger partial charge in [-0.25, -0.2) is 0 Å². The monoisotopic (exact) mass is 490 g/mol. The van der Waals surface area contributed by atoms with Gasteiger partial charge < -0.3 is 10.6 Å². The van der Waals surface area contributed by atoms with Crippen LogP contribution in [0.2, 0.25) is 10.0 Å². The van der Waals surface area contributed by atoms with Gasteiger partial charge in [0.05, 0.1) is 34.2 Å². The molecule has 34 heavy (non-hydrogen) atoms. The number of anilines is 2. The number of rotatable bonds is 7. The zero-order valence-corrected chi connectivity index (χ0v) is 19.4. The second kappa shape index (κ2) is 10.8. The number of carbonyl (C=O) groups is 2. The summed E-state index contributed by atoms with van der Waals surface area (Å²) in [5.74, 6) is -1.23. The Hall–Kier alpha value is -3.87. The molecule has 0 spiro atoms. The van der Waals surface area contributed by atoms with Crippen molar-refractivity contribution in [1.29, 1.82) is 0 Å². The highest BCUT2D eigenvalue weighted by molar-refractivity contribution is 6.36. The van der Waals surface area contributed by atoms with Crippen LogP contribution >= 0.6 is 23.2 Å². The molecule has 0 bridgehead atoms. The molecular weight excluding hydrogens is 471 g/mol. The number of hydrogen-bond donors (Lipinski definition) is 2. The van der Waals surface area contributed by atoms with Gasteiger partial charge in [-0.1, -0.05) is 77.8 Å². The number of halogens is 2. The lowest BCUT2D eigenvalue weighted by Gasteiger charge is -2.11. The summed E-state index contributed by atoms with van der Waals surface area (Å²) >= 11 is 12.4. The Balaban J connectivity index is 1.62. The molecule has 0 aliphatic rings. The van der Waals surface area contributed by atoms with Crippen LogP contribution in [0.5, 0.6) is 0 Å². The van der Waals surface area contributed by atoms with Crippen LogP contribution in [0.15, 0.2) is 96.8 Å². The highest BCUT2D eigenvalue weighted by Gasteiger charge is 2.21. The highest BCUT2D eigenvalue weighted by Crippen LogP contribution is 2.24. The molecule has 6 nitrogen and oxygen atoms in total. The van der Waals surface area contributed by atoms with Gasteiger partial charge in [-0.3, -0.25) is 14.3 Å². The predicted molar refractivity (Wildman–Crippen MR) is 136 cm³/mol. The molecule has 0 aliphatic carbocycles. The molecule has 2 amide bonds. The minimum Gasteiger partial charge on any atom is -0.320 e. The van der Waals surface area contributed by atoms with Crippen LogP contribution in [0, 0.1) is 0 Å². The van der Waals surface area contributed by atoms with Crippen molar-refractivity contribution in [1.82, 2.24) is 9.78 Å². The summed E-state index contributed by atoms with van der Waals surface area (Å²) in [6, 6.07) is 23.4. The van der Waals surface area contributed by atoms with E-state index in [0.29, 0.717) is 33.5 Å². The fourth-order valence-corrected chi connectivity index (χ4v) is 3.58. The Labute approximate surface area is 206 Å². The molecule has 170 valence electrons. The van der Waals surface area contributed by atoms with Crippen molar-refractivity contribution in [2.45, 2.75) is 6.54 Å². The smallest absolute Gasteiger partial charge is 0.261 e. The van der Waals surface area contributed by atoms with Gasteiger partial charge in [-0.15, -0.1) is 0 Å². The third-order valence-corrected chi connectivity index (χ3v) is 5.54. The van der Waals surface area contributed by atoms with E-state index in [1.54, 1.807) is 65.6 Å². The second-order valence-corrected chi connectivity index (χ2v) is 8.20. The van der Waals surface area contributed by atoms with Crippen LogP contribution in [0.1, 0.15) is 11.1 Å². The summed E-state index contributed by atoms with van der Waals surface area (Å²) in [5.41, 5.74) is 2.33. The maximum absolute atomic E-state index is 13.1. The van der Waals surface area contributed by atoms with E-state index in [1.807, 2.05) is 30.3 Å². The molecule has 1 aromatic heterocycles. The largest absolute Gasteiger partial charge is 0.320 e. The Bertz CT molecular complexity index is 1290. The number of amides is 2. The van der Waals surface area contributed by atoms with Crippen LogP contribution in [-0.2, 0) is 16.1 Å². The normalized spacial score (nSPS) is 10.4. The van der Waals surface area contributed by atoms with Gasteiger partial charge in [-0.2, -0.15) is 5.10 Å². The standard InChI is InChI=1S/C26H20Cl2N4O2/c27-21-10-4-6-12-23(21)30-25(33)20(26(34)31-24-13-7-5-11-22(24)28)14-19-15-29-32(17-19)16-18-8-2-1-3-9-18/h1-15,17H,16H2,(H,30,33)(H,31,34). The first-order valence-corrected chi connectivity index (χ1v) is 11.1. The van der Waals surface area contributed by atoms with Gasteiger partial charge in [0.2, 0.25) is 0 Å². The Morgan fingerprint density at radius 1 is 0.794 bits per heavy atom. The molecule has 2 N–H and O–H groups in total. The Morgan fingerprint density at radius 2 is 1.32 bits per heavy atom. The fraction of sp³-hybridized carbons (Fsp3) is 0.0385. The lowest BCUT2D eigenvalue weighted by Crippen LogP contribution is -2.25. The third kappa shape index (κ3) is 5.92. The first-order valence-electron chi connectivity index (χ1n) is 10.4. The van der Waals surface area contributed by atoms with Crippen molar-refractivity contribution < 1.29 is 9.59 Å². The zero-order chi connectivity index (χ0) is 23.9. The molecule has 4 rings (SSSR count). The summed E-state index contributed by atoms with van der Waals surface area (Å²) in [6.07, 6.45) is 4.83. The number of benzene rings is 3. The van der Waals surface area contributed by atoms with Crippen molar-refractivity contribution in [3.8, 4) is 0 Å². The number of para-hydroxylation sites is 2. The minimum absolute atomic E-state index is 0.126. The molecule has 0 saturated heterocycles. The highest BCUT2D eigenvalue weighted by atomic mass is 35.5. The van der Waals surface area contributed by atoms with E-state index in [2.05, 4.69) is 15.7 Å². The van der Waals surface area contributed by atoms with E-state index >= 15 is 0 Å². The molecule has 0 unspecified atom stereocenters. The molecule has 3 aromatic carbocycles. The van der Waals surface area contributed by atoms with E-state index < -0.39 is 11.8 Å². The van der Waals surface area contributed by atoms with Gasteiger partial charge in [-0.05, 0) is 35.9 Å². The number of nitrogens with one attached hydrogen (secondary N) is 2. The van der Waals surface area contributed by atoms with Crippen molar-refractivity contribution in [2.24, 2.45) is 0 Å². The third-order valence-electron chi connectivity index (χ3n) is 4.88. The Kier molecular flexibility index (Phi) is 7.42. The number of aromatic nitrogens is 2. The average molecular weight is 491 g/mol. The van der Waals surface area contributed by atoms with Gasteiger partial charge in [0, 0.05) is 11.8 Å². The van der Waals surface area contributed by atoms with Crippen LogP contribution in [0.3, 0.4) is 0 Å². The minimum atomic E-state index is -0.617. The average Bonchev–Trinajstić information content (AvgIpc) is 3.28. The first kappa shape index (κ1) is 23.3. The quantitative estimate of drug-likeness (QED) is 0.192. The maximum atomic E-state index is 13.1. The summed E-state index contributed by atoms with van der Waals surface area (Å²) < 4.78 is 1.73. The topological polar surface area (TPSA) is 76.0 Å². The van der Waals surface area contributed by atoms with Gasteiger partial charge in [0.15, 0.2) is 0 Å². The molecule has 0 aliphatic heterocycles. The van der Waals surface area contributed by atoms with Gasteiger partial charge >= 0.3 is 0 Å². The van der Waals surface area contributed by atoms with Crippen molar-refractivity contribution in [3.05, 3.63) is 118 Å². The van der Waals surface area contributed by atoms with E-state index in [9.17, 15) is 9.59 Å². The number of hydrogen-bond acceptors (Lipinski definition) is 3. The molecule has 4 aromatic rings. The lowest BCUT2D eigenvalue weighted by atomic mass is 10.1. The predicted octanol–water partition coefficient (Wildman–Crippen LogP) is 5.90. The molecule has 1 heterocycles. The summed E-state index contributed by atoms with van der Waals surface area (Å²) in [7, 11) is 0. The molecule has 0 atom stereocenters. The van der Waals surface area contributed by atoms with Crippen LogP contribution in [-0.4, -0.2) is 21.6 Å². The van der Waals surface area contributed by atoms with Crippen molar-refractivity contribution >= 4 is 52.5 Å². The SMILES string of the molecule is O=C(Nc1ccccc1Cl)C(=Cc1cnn(Cc2ccccc2)c1)C(=O)Nc1ccccc1Cl. The summed E-state index contributed by atoms with van der Waals surface area (Å²) in [5, 5.41) is 10.5. The van der Waals surface area contributed by atoms with E-state index in [1.165, 1.54) is 6.08 Å². The molecule has 8 heteroatoms. The zero-order valence-electron chi connectivity index (χ0n) is 17.9. The van der Waals surface area contributed by atoms with Crippen LogP contribution in [0.4, 0.5) is 11.4 Å². The van der Waals surface area contributed by atoms with Gasteiger partial charge in [0.1, 0.15) is 5.57 Å². The molecular formula is C26H20Cl2N4O2. The second-order valence-electron chi connectivity index (χ2n) is 7.38. The fourth-order valence-electron chi connectivity index (χ4n) is 3.22. The van der Waals surface area contributed by atoms with E-state index in [4.69, 9.17) is 23.2 Å². The van der Waals surface area contributed by atoms with Gasteiger partial charge in [0.25, 0.3) is 11.8 Å². The molecule has 0 saturated carbocycles. The molecule has 0 radical (unpaired) electrons. The van der Waals surface area contributed by atoms with Crippen molar-refractivity contribution in [2.75, 3.05) is 10.6 Å². The summed E-state index contributed by atoms with van der Waals surface area (Å²) in [4.78, 5) is 26.2. The molecule has 0 fully saturated rings. The summed E-state index contributed by atoms with van der Waals surface area (Å²) in [6.45, 7) is 0.557. The Morgan fingerprint density at radius 3 is 1.88 bits per heavy atom. The first-order chi connectivity index (χ1) is 16.5. The number of carbonyl (C=O) groups excluding carboxylic acids is 2. The van der Waals surface area contributed by atoms with E-state index in [0.717, 1.165) is 5.56 Å². The van der Waals surface area contributed by atoms with Crippen LogP contribution < -0.4 is 10.6 Å². The maximum Gasteiger partial charge on any atom is 0.261 e. The van der Waals surface area contributed by atoms with E-state index in [-0.39, 0.29) is 5.57 Å². The number of nitrogens with zero attached hydrogens (tertiary/aromatic N) is 2. The van der Waals surface area contributed by atoms with Crippen molar-refractivity contribution in [3.63, 3.8) is 0 Å². The van der Waals surface area contributed by atoms with Crippen LogP contribution in [0.25, 0.3) is 6.08 Å².